The number of pyridine rings is 1. The third kappa shape index (κ3) is 2.14. The molecule has 0 fully saturated rings. The molecule has 4 heteroatoms. The maximum absolute atomic E-state index is 11.9. The molecule has 0 saturated carbocycles. The molecule has 1 aliphatic carbocycles. The second-order valence-electron chi connectivity index (χ2n) is 5.19. The van der Waals surface area contributed by atoms with Gasteiger partial charge in [-0.15, -0.1) is 0 Å². The maximum atomic E-state index is 11.9. The average Bonchev–Trinajstić information content (AvgIpc) is 2.82. The Hall–Kier alpha value is -1.68. The van der Waals surface area contributed by atoms with E-state index in [1.165, 1.54) is 0 Å². The van der Waals surface area contributed by atoms with E-state index in [-0.39, 0.29) is 0 Å². The smallest absolute Gasteiger partial charge is 0.314 e. The zero-order chi connectivity index (χ0) is 14.2. The number of fused-ring (bicyclic) bond motifs is 1. The Morgan fingerprint density at radius 2 is 2.10 bits per heavy atom. The van der Waals surface area contributed by atoms with Gasteiger partial charge in [-0.25, -0.2) is 0 Å². The summed E-state index contributed by atoms with van der Waals surface area (Å²) in [4.78, 5) is 16.3. The minimum Gasteiger partial charge on any atom is -0.481 e. The lowest BCUT2D eigenvalue weighted by Crippen LogP contribution is -2.36. The fraction of sp³-hybridized carbons (Fsp3) is 0.250. The van der Waals surface area contributed by atoms with E-state index in [4.69, 9.17) is 0 Å². The molecular formula is C16H14BrNO2. The molecule has 102 valence electrons. The Balaban J connectivity index is 2.02. The van der Waals surface area contributed by atoms with Crippen LogP contribution in [0.5, 0.6) is 0 Å². The van der Waals surface area contributed by atoms with Crippen LogP contribution in [0.3, 0.4) is 0 Å². The van der Waals surface area contributed by atoms with Crippen LogP contribution in [0.25, 0.3) is 0 Å². The molecule has 0 bridgehead atoms. The Kier molecular flexibility index (Phi) is 3.34. The molecule has 1 aliphatic rings. The first kappa shape index (κ1) is 13.3. The van der Waals surface area contributed by atoms with Crippen molar-refractivity contribution in [3.63, 3.8) is 0 Å². The van der Waals surface area contributed by atoms with Gasteiger partial charge in [-0.05, 0) is 52.0 Å². The molecule has 1 N–H and O–H groups in total. The lowest BCUT2D eigenvalue weighted by Gasteiger charge is -2.25. The molecule has 1 aromatic heterocycles. The van der Waals surface area contributed by atoms with Gasteiger partial charge in [-0.1, -0.05) is 24.3 Å². The van der Waals surface area contributed by atoms with E-state index in [1.807, 2.05) is 36.4 Å². The highest BCUT2D eigenvalue weighted by molar-refractivity contribution is 9.10. The van der Waals surface area contributed by atoms with Crippen molar-refractivity contribution in [3.8, 4) is 0 Å². The van der Waals surface area contributed by atoms with Gasteiger partial charge >= 0.3 is 5.97 Å². The zero-order valence-corrected chi connectivity index (χ0v) is 12.4. The van der Waals surface area contributed by atoms with Gasteiger partial charge in [0, 0.05) is 22.8 Å². The minimum atomic E-state index is -0.836. The van der Waals surface area contributed by atoms with Crippen molar-refractivity contribution in [2.24, 2.45) is 0 Å². The summed E-state index contributed by atoms with van der Waals surface area (Å²) < 4.78 is 0.900. The quantitative estimate of drug-likeness (QED) is 0.938. The van der Waals surface area contributed by atoms with Crippen LogP contribution in [0.1, 0.15) is 23.2 Å². The van der Waals surface area contributed by atoms with Gasteiger partial charge in [0.1, 0.15) is 0 Å². The summed E-state index contributed by atoms with van der Waals surface area (Å²) in [6.45, 7) is 0. The predicted molar refractivity (Wildman–Crippen MR) is 79.7 cm³/mol. The summed E-state index contributed by atoms with van der Waals surface area (Å²) in [7, 11) is 0. The van der Waals surface area contributed by atoms with Crippen LogP contribution in [0.2, 0.25) is 0 Å². The molecule has 1 atom stereocenters. The maximum Gasteiger partial charge on any atom is 0.314 e. The molecule has 0 aliphatic heterocycles. The van der Waals surface area contributed by atoms with E-state index >= 15 is 0 Å². The lowest BCUT2D eigenvalue weighted by atomic mass is 9.78. The first-order valence-corrected chi connectivity index (χ1v) is 7.33. The number of aromatic nitrogens is 1. The molecule has 1 unspecified atom stereocenters. The van der Waals surface area contributed by atoms with Gasteiger partial charge in [0.15, 0.2) is 0 Å². The summed E-state index contributed by atoms with van der Waals surface area (Å²) in [6.07, 6.45) is 3.61. The Morgan fingerprint density at radius 1 is 1.30 bits per heavy atom. The minimum absolute atomic E-state index is 0.437. The molecule has 0 saturated heterocycles. The summed E-state index contributed by atoms with van der Waals surface area (Å²) in [5, 5.41) is 9.79. The highest BCUT2D eigenvalue weighted by atomic mass is 79.9. The van der Waals surface area contributed by atoms with Gasteiger partial charge < -0.3 is 5.11 Å². The van der Waals surface area contributed by atoms with Crippen LogP contribution < -0.4 is 0 Å². The van der Waals surface area contributed by atoms with Crippen LogP contribution in [-0.4, -0.2) is 16.1 Å². The molecule has 1 heterocycles. The van der Waals surface area contributed by atoms with Crippen molar-refractivity contribution in [2.75, 3.05) is 0 Å². The molecule has 3 nitrogen and oxygen atoms in total. The standard InChI is InChI=1S/C16H14BrNO2/c17-12-5-6-13(18-10-12)9-16(15(19)20)8-7-11-3-1-2-4-14(11)16/h1-6,10H,7-9H2,(H,19,20). The Bertz CT molecular complexity index is 654. The number of carboxylic acids is 1. The highest BCUT2D eigenvalue weighted by Gasteiger charge is 2.45. The second-order valence-corrected chi connectivity index (χ2v) is 6.10. The normalized spacial score (nSPS) is 20.6. The molecule has 20 heavy (non-hydrogen) atoms. The fourth-order valence-electron chi connectivity index (χ4n) is 2.99. The van der Waals surface area contributed by atoms with E-state index < -0.39 is 11.4 Å². The van der Waals surface area contributed by atoms with Gasteiger partial charge in [0.05, 0.1) is 5.41 Å². The lowest BCUT2D eigenvalue weighted by molar-refractivity contribution is -0.143. The molecule has 3 rings (SSSR count). The number of benzene rings is 1. The van der Waals surface area contributed by atoms with E-state index in [0.29, 0.717) is 12.8 Å². The number of halogens is 1. The third-order valence-electron chi connectivity index (χ3n) is 4.03. The Labute approximate surface area is 125 Å². The molecular weight excluding hydrogens is 318 g/mol. The van der Waals surface area contributed by atoms with E-state index in [2.05, 4.69) is 20.9 Å². The van der Waals surface area contributed by atoms with Crippen molar-refractivity contribution in [3.05, 3.63) is 63.9 Å². The van der Waals surface area contributed by atoms with Crippen LogP contribution in [0.4, 0.5) is 0 Å². The number of rotatable bonds is 3. The van der Waals surface area contributed by atoms with Crippen molar-refractivity contribution in [2.45, 2.75) is 24.7 Å². The van der Waals surface area contributed by atoms with E-state index in [0.717, 1.165) is 27.7 Å². The molecule has 1 aromatic carbocycles. The van der Waals surface area contributed by atoms with Crippen molar-refractivity contribution >= 4 is 21.9 Å². The second kappa shape index (κ2) is 5.02. The number of hydrogen-bond acceptors (Lipinski definition) is 2. The van der Waals surface area contributed by atoms with Gasteiger partial charge in [-0.3, -0.25) is 9.78 Å². The Morgan fingerprint density at radius 3 is 2.80 bits per heavy atom. The first-order valence-electron chi connectivity index (χ1n) is 6.54. The van der Waals surface area contributed by atoms with Gasteiger partial charge in [-0.2, -0.15) is 0 Å². The number of carbonyl (C=O) groups is 1. The van der Waals surface area contributed by atoms with Gasteiger partial charge in [0.25, 0.3) is 0 Å². The largest absolute Gasteiger partial charge is 0.481 e. The van der Waals surface area contributed by atoms with Crippen LogP contribution >= 0.6 is 15.9 Å². The number of hydrogen-bond donors (Lipinski definition) is 1. The van der Waals surface area contributed by atoms with Crippen molar-refractivity contribution in [1.29, 1.82) is 0 Å². The predicted octanol–water partition coefficient (Wildman–Crippen LogP) is 3.36. The van der Waals surface area contributed by atoms with E-state index in [1.54, 1.807) is 6.20 Å². The molecule has 2 aromatic rings. The van der Waals surface area contributed by atoms with Crippen molar-refractivity contribution < 1.29 is 9.90 Å². The number of aliphatic carboxylic acids is 1. The summed E-state index contributed by atoms with van der Waals surface area (Å²) in [5.74, 6) is -0.757. The summed E-state index contributed by atoms with van der Waals surface area (Å²) in [6, 6.07) is 11.6. The monoisotopic (exact) mass is 331 g/mol. The summed E-state index contributed by atoms with van der Waals surface area (Å²) in [5.41, 5.74) is 2.06. The summed E-state index contributed by atoms with van der Waals surface area (Å²) >= 11 is 3.35. The number of nitrogens with zero attached hydrogens (tertiary/aromatic N) is 1. The molecule has 0 amide bonds. The fourth-order valence-corrected chi connectivity index (χ4v) is 3.22. The van der Waals surface area contributed by atoms with Crippen LogP contribution in [-0.2, 0) is 23.1 Å². The highest BCUT2D eigenvalue weighted by Crippen LogP contribution is 2.41. The van der Waals surface area contributed by atoms with Gasteiger partial charge in [0.2, 0.25) is 0 Å². The SMILES string of the molecule is O=C(O)C1(Cc2ccc(Br)cn2)CCc2ccccc21. The molecule has 0 radical (unpaired) electrons. The van der Waals surface area contributed by atoms with Crippen LogP contribution in [0.15, 0.2) is 47.1 Å². The average molecular weight is 332 g/mol. The number of aryl methyl sites for hydroxylation is 1. The third-order valence-corrected chi connectivity index (χ3v) is 4.50. The molecule has 0 spiro atoms. The van der Waals surface area contributed by atoms with Crippen molar-refractivity contribution in [1.82, 2.24) is 4.98 Å². The zero-order valence-electron chi connectivity index (χ0n) is 10.8. The van der Waals surface area contributed by atoms with Crippen LogP contribution in [0, 0.1) is 0 Å². The number of carboxylic acid groups (broad SMARTS) is 1. The topological polar surface area (TPSA) is 50.2 Å². The first-order chi connectivity index (χ1) is 9.62. The van der Waals surface area contributed by atoms with E-state index in [9.17, 15) is 9.90 Å².